The molecule has 0 aliphatic carbocycles. The molecule has 0 fully saturated rings. The summed E-state index contributed by atoms with van der Waals surface area (Å²) in [5.41, 5.74) is 0.359. The van der Waals surface area contributed by atoms with Crippen LogP contribution in [0.5, 0.6) is 0 Å². The highest BCUT2D eigenvalue weighted by Crippen LogP contribution is 2.25. The highest BCUT2D eigenvalue weighted by Gasteiger charge is 2.17. The van der Waals surface area contributed by atoms with Crippen molar-refractivity contribution in [3.8, 4) is 0 Å². The molecule has 0 bridgehead atoms. The summed E-state index contributed by atoms with van der Waals surface area (Å²) in [4.78, 5) is 34.7. The van der Waals surface area contributed by atoms with E-state index in [-0.39, 0.29) is 30.2 Å². The summed E-state index contributed by atoms with van der Waals surface area (Å²) in [5, 5.41) is 13.7. The van der Waals surface area contributed by atoms with E-state index in [1.807, 2.05) is 0 Å². The molecule has 0 saturated heterocycles. The average molecular weight is 295 g/mol. The van der Waals surface area contributed by atoms with E-state index in [9.17, 15) is 19.7 Å². The highest BCUT2D eigenvalue weighted by atomic mass is 16.6. The fourth-order valence-corrected chi connectivity index (χ4v) is 1.63. The van der Waals surface area contributed by atoms with E-state index in [1.54, 1.807) is 14.1 Å². The van der Waals surface area contributed by atoms with Crippen LogP contribution in [0.4, 0.5) is 11.4 Å². The zero-order chi connectivity index (χ0) is 16.0. The van der Waals surface area contributed by atoms with Crippen molar-refractivity contribution in [1.82, 2.24) is 4.90 Å². The molecule has 8 nitrogen and oxygen atoms in total. The third-order valence-corrected chi connectivity index (χ3v) is 2.72. The molecular weight excluding hydrogens is 278 g/mol. The number of nitrogens with zero attached hydrogens (tertiary/aromatic N) is 2. The Balaban J connectivity index is 2.96. The Labute approximate surface area is 121 Å². The molecule has 8 heteroatoms. The molecule has 1 rings (SSSR count). The zero-order valence-corrected chi connectivity index (χ0v) is 12.1. The van der Waals surface area contributed by atoms with E-state index in [4.69, 9.17) is 0 Å². The first-order chi connectivity index (χ1) is 9.86. The van der Waals surface area contributed by atoms with Gasteiger partial charge in [-0.25, -0.2) is 0 Å². The molecular formula is C13H17N3O5. The van der Waals surface area contributed by atoms with Gasteiger partial charge in [0.15, 0.2) is 0 Å². The molecule has 1 amide bonds. The van der Waals surface area contributed by atoms with Crippen LogP contribution in [-0.4, -0.2) is 49.4 Å². The largest absolute Gasteiger partial charge is 0.469 e. The van der Waals surface area contributed by atoms with Gasteiger partial charge < -0.3 is 15.0 Å². The lowest BCUT2D eigenvalue weighted by atomic mass is 10.1. The number of carbonyl (C=O) groups is 2. The third kappa shape index (κ3) is 4.44. The molecule has 0 radical (unpaired) electrons. The number of nitro benzene ring substituents is 1. The average Bonchev–Trinajstić information content (AvgIpc) is 2.45. The number of hydrogen-bond acceptors (Lipinski definition) is 6. The van der Waals surface area contributed by atoms with Crippen molar-refractivity contribution in [1.29, 1.82) is 0 Å². The molecule has 0 heterocycles. The second-order valence-electron chi connectivity index (χ2n) is 4.44. The summed E-state index contributed by atoms with van der Waals surface area (Å²) < 4.78 is 4.49. The first-order valence-corrected chi connectivity index (χ1v) is 6.17. The van der Waals surface area contributed by atoms with Gasteiger partial charge in [0.05, 0.1) is 18.5 Å². The quantitative estimate of drug-likeness (QED) is 0.482. The Kier molecular flexibility index (Phi) is 5.65. The fraction of sp³-hybridized carbons (Fsp3) is 0.385. The first kappa shape index (κ1) is 16.4. The lowest BCUT2D eigenvalue weighted by Gasteiger charge is -2.12. The minimum absolute atomic E-state index is 0.0690. The van der Waals surface area contributed by atoms with E-state index in [1.165, 1.54) is 30.2 Å². The molecule has 1 aromatic carbocycles. The molecule has 0 aliphatic rings. The fourth-order valence-electron chi connectivity index (χ4n) is 1.63. The summed E-state index contributed by atoms with van der Waals surface area (Å²) in [6.45, 7) is 0.174. The molecule has 0 saturated carbocycles. The van der Waals surface area contributed by atoms with Gasteiger partial charge in [-0.15, -0.1) is 0 Å². The van der Waals surface area contributed by atoms with E-state index in [0.717, 1.165) is 0 Å². The van der Waals surface area contributed by atoms with Gasteiger partial charge in [0.1, 0.15) is 5.69 Å². The standard InChI is InChI=1S/C13H17N3O5/c1-15(2)13(18)9-4-5-11(16(19)20)10(8-9)14-7-6-12(17)21-3/h4-5,8,14H,6-7H2,1-3H3. The van der Waals surface area contributed by atoms with Crippen LogP contribution in [0.3, 0.4) is 0 Å². The van der Waals surface area contributed by atoms with Crippen LogP contribution in [0.1, 0.15) is 16.8 Å². The second-order valence-corrected chi connectivity index (χ2v) is 4.44. The minimum atomic E-state index is -0.551. The Bertz CT molecular complexity index is 557. The zero-order valence-electron chi connectivity index (χ0n) is 12.1. The molecule has 0 spiro atoms. The third-order valence-electron chi connectivity index (χ3n) is 2.72. The van der Waals surface area contributed by atoms with Crippen molar-refractivity contribution in [3.05, 3.63) is 33.9 Å². The maximum absolute atomic E-state index is 11.9. The number of esters is 1. The molecule has 114 valence electrons. The number of nitrogens with one attached hydrogen (secondary N) is 1. The second kappa shape index (κ2) is 7.22. The van der Waals surface area contributed by atoms with Gasteiger partial charge >= 0.3 is 5.97 Å². The number of carbonyl (C=O) groups excluding carboxylic acids is 2. The Morgan fingerprint density at radius 1 is 1.38 bits per heavy atom. The van der Waals surface area contributed by atoms with Gasteiger partial charge in [-0.05, 0) is 12.1 Å². The Morgan fingerprint density at radius 3 is 2.57 bits per heavy atom. The van der Waals surface area contributed by atoms with Crippen LogP contribution < -0.4 is 5.32 Å². The van der Waals surface area contributed by atoms with Crippen molar-refractivity contribution in [2.45, 2.75) is 6.42 Å². The van der Waals surface area contributed by atoms with Crippen LogP contribution in [0, 0.1) is 10.1 Å². The maximum atomic E-state index is 11.9. The van der Waals surface area contributed by atoms with E-state index < -0.39 is 10.9 Å². The Hall–Kier alpha value is -2.64. The van der Waals surface area contributed by atoms with Gasteiger partial charge in [-0.3, -0.25) is 19.7 Å². The lowest BCUT2D eigenvalue weighted by molar-refractivity contribution is -0.384. The summed E-state index contributed by atoms with van der Waals surface area (Å²) in [6.07, 6.45) is 0.0690. The van der Waals surface area contributed by atoms with Crippen LogP contribution >= 0.6 is 0 Å². The van der Waals surface area contributed by atoms with Crippen LogP contribution in [0.15, 0.2) is 18.2 Å². The summed E-state index contributed by atoms with van der Waals surface area (Å²) in [6, 6.07) is 4.06. The number of anilines is 1. The van der Waals surface area contributed by atoms with Crippen LogP contribution in [0.25, 0.3) is 0 Å². The lowest BCUT2D eigenvalue weighted by Crippen LogP contribution is -2.22. The Morgan fingerprint density at radius 2 is 2.05 bits per heavy atom. The first-order valence-electron chi connectivity index (χ1n) is 6.17. The maximum Gasteiger partial charge on any atom is 0.307 e. The van der Waals surface area contributed by atoms with E-state index >= 15 is 0 Å². The normalized spacial score (nSPS) is 9.86. The monoisotopic (exact) mass is 295 g/mol. The summed E-state index contributed by atoms with van der Waals surface area (Å²) in [5.74, 6) is -0.688. The molecule has 0 aromatic heterocycles. The smallest absolute Gasteiger partial charge is 0.307 e. The number of nitro groups is 1. The predicted octanol–water partition coefficient (Wildman–Crippen LogP) is 1.27. The number of hydrogen-bond donors (Lipinski definition) is 1. The molecule has 0 aliphatic heterocycles. The highest BCUT2D eigenvalue weighted by molar-refractivity contribution is 5.95. The predicted molar refractivity (Wildman–Crippen MR) is 76.2 cm³/mol. The van der Waals surface area contributed by atoms with Gasteiger partial charge in [0, 0.05) is 32.3 Å². The van der Waals surface area contributed by atoms with Crippen molar-refractivity contribution in [3.63, 3.8) is 0 Å². The van der Waals surface area contributed by atoms with Gasteiger partial charge in [0.2, 0.25) is 0 Å². The van der Waals surface area contributed by atoms with Crippen molar-refractivity contribution in [2.24, 2.45) is 0 Å². The molecule has 1 N–H and O–H groups in total. The number of methoxy groups -OCH3 is 1. The molecule has 1 aromatic rings. The number of ether oxygens (including phenoxy) is 1. The molecule has 0 atom stereocenters. The number of benzene rings is 1. The van der Waals surface area contributed by atoms with Crippen LogP contribution in [-0.2, 0) is 9.53 Å². The molecule has 0 unspecified atom stereocenters. The number of rotatable bonds is 6. The SMILES string of the molecule is COC(=O)CCNc1cc(C(=O)N(C)C)ccc1[N+](=O)[O-]. The van der Waals surface area contributed by atoms with Crippen molar-refractivity contribution in [2.75, 3.05) is 33.1 Å². The van der Waals surface area contributed by atoms with E-state index in [0.29, 0.717) is 5.56 Å². The van der Waals surface area contributed by atoms with Gasteiger partial charge in [-0.2, -0.15) is 0 Å². The topological polar surface area (TPSA) is 102 Å². The number of amides is 1. The van der Waals surface area contributed by atoms with Crippen molar-refractivity contribution < 1.29 is 19.2 Å². The van der Waals surface area contributed by atoms with Gasteiger partial charge in [-0.1, -0.05) is 0 Å². The van der Waals surface area contributed by atoms with Crippen LogP contribution in [0.2, 0.25) is 0 Å². The van der Waals surface area contributed by atoms with E-state index in [2.05, 4.69) is 10.1 Å². The van der Waals surface area contributed by atoms with Crippen molar-refractivity contribution >= 4 is 23.3 Å². The molecule has 21 heavy (non-hydrogen) atoms. The summed E-state index contributed by atoms with van der Waals surface area (Å²) >= 11 is 0. The van der Waals surface area contributed by atoms with Gasteiger partial charge in [0.25, 0.3) is 11.6 Å². The minimum Gasteiger partial charge on any atom is -0.469 e. The summed E-state index contributed by atoms with van der Waals surface area (Å²) in [7, 11) is 4.45.